The average molecular weight is 267 g/mol. The van der Waals surface area contributed by atoms with E-state index in [1.165, 1.54) is 12.1 Å². The van der Waals surface area contributed by atoms with Gasteiger partial charge in [0, 0.05) is 30.6 Å². The summed E-state index contributed by atoms with van der Waals surface area (Å²) in [6.45, 7) is 3.65. The zero-order valence-corrected chi connectivity index (χ0v) is 11.1. The van der Waals surface area contributed by atoms with E-state index in [0.29, 0.717) is 18.0 Å². The number of carbonyl (C=O) groups excluding carboxylic acids is 1. The van der Waals surface area contributed by atoms with E-state index >= 15 is 0 Å². The smallest absolute Gasteiger partial charge is 0.328 e. The van der Waals surface area contributed by atoms with E-state index in [1.54, 1.807) is 27.0 Å². The highest BCUT2D eigenvalue weighted by molar-refractivity contribution is 5.79. The summed E-state index contributed by atoms with van der Waals surface area (Å²) < 4.78 is 4.86. The molecule has 0 aliphatic rings. The Morgan fingerprint density at radius 3 is 2.58 bits per heavy atom. The van der Waals surface area contributed by atoms with Gasteiger partial charge in [-0.05, 0) is 19.9 Å². The molecule has 0 saturated heterocycles. The van der Waals surface area contributed by atoms with Gasteiger partial charge in [-0.15, -0.1) is 0 Å². The summed E-state index contributed by atoms with van der Waals surface area (Å²) in [5.74, 6) is -0.403. The molecule has 7 nitrogen and oxygen atoms in total. The first-order valence-electron chi connectivity index (χ1n) is 5.88. The van der Waals surface area contributed by atoms with Crippen LogP contribution in [0.3, 0.4) is 0 Å². The molecule has 0 radical (unpaired) electrons. The lowest BCUT2D eigenvalue weighted by atomic mass is 10.2. The van der Waals surface area contributed by atoms with Crippen molar-refractivity contribution in [2.24, 2.45) is 0 Å². The van der Waals surface area contributed by atoms with Crippen molar-refractivity contribution in [1.82, 2.24) is 0 Å². The molecule has 0 bridgehead atoms. The molecule has 7 heteroatoms. The molecule has 1 unspecified atom stereocenters. The second-order valence-electron chi connectivity index (χ2n) is 3.89. The highest BCUT2D eigenvalue weighted by atomic mass is 16.6. The van der Waals surface area contributed by atoms with Crippen LogP contribution in [0.15, 0.2) is 18.2 Å². The molecule has 19 heavy (non-hydrogen) atoms. The maximum absolute atomic E-state index is 11.5. The number of esters is 1. The van der Waals surface area contributed by atoms with Crippen molar-refractivity contribution in [3.05, 3.63) is 28.3 Å². The number of nitro groups is 1. The zero-order valence-electron chi connectivity index (χ0n) is 11.1. The molecule has 1 aromatic carbocycles. The van der Waals surface area contributed by atoms with E-state index in [4.69, 9.17) is 4.74 Å². The summed E-state index contributed by atoms with van der Waals surface area (Å²) in [4.78, 5) is 21.8. The first-order chi connectivity index (χ1) is 8.97. The van der Waals surface area contributed by atoms with E-state index < -0.39 is 16.9 Å². The van der Waals surface area contributed by atoms with Gasteiger partial charge in [0.25, 0.3) is 5.69 Å². The van der Waals surface area contributed by atoms with E-state index in [0.717, 1.165) is 0 Å². The van der Waals surface area contributed by atoms with Crippen LogP contribution >= 0.6 is 0 Å². The van der Waals surface area contributed by atoms with Crippen LogP contribution in [0, 0.1) is 10.1 Å². The lowest BCUT2D eigenvalue weighted by molar-refractivity contribution is -0.384. The SMILES string of the molecule is CCOC(=O)C(C)Nc1cc(NC)cc([N+](=O)[O-])c1. The van der Waals surface area contributed by atoms with Crippen LogP contribution in [-0.4, -0.2) is 30.6 Å². The Morgan fingerprint density at radius 2 is 2.05 bits per heavy atom. The highest BCUT2D eigenvalue weighted by Gasteiger charge is 2.16. The quantitative estimate of drug-likeness (QED) is 0.465. The standard InChI is InChI=1S/C12H17N3O4/c1-4-19-12(16)8(2)14-10-5-9(13-3)6-11(7-10)15(17)18/h5-8,13-14H,4H2,1-3H3. The van der Waals surface area contributed by atoms with Crippen molar-refractivity contribution in [1.29, 1.82) is 0 Å². The number of benzene rings is 1. The maximum atomic E-state index is 11.5. The minimum Gasteiger partial charge on any atom is -0.464 e. The van der Waals surface area contributed by atoms with Gasteiger partial charge in [0.2, 0.25) is 0 Å². The van der Waals surface area contributed by atoms with E-state index in [-0.39, 0.29) is 5.69 Å². The zero-order chi connectivity index (χ0) is 14.4. The van der Waals surface area contributed by atoms with Crippen LogP contribution in [0.1, 0.15) is 13.8 Å². The van der Waals surface area contributed by atoms with Crippen molar-refractivity contribution in [3.8, 4) is 0 Å². The molecule has 1 atom stereocenters. The summed E-state index contributed by atoms with van der Waals surface area (Å²) in [6.07, 6.45) is 0. The molecule has 0 amide bonds. The molecular formula is C12H17N3O4. The molecule has 0 fully saturated rings. The largest absolute Gasteiger partial charge is 0.464 e. The molecule has 1 rings (SSSR count). The number of carbonyl (C=O) groups is 1. The van der Waals surface area contributed by atoms with Crippen molar-refractivity contribution in [2.45, 2.75) is 19.9 Å². The molecule has 0 aliphatic heterocycles. The van der Waals surface area contributed by atoms with Crippen molar-refractivity contribution in [3.63, 3.8) is 0 Å². The van der Waals surface area contributed by atoms with Gasteiger partial charge < -0.3 is 15.4 Å². The predicted molar refractivity (Wildman–Crippen MR) is 72.4 cm³/mol. The van der Waals surface area contributed by atoms with Crippen LogP contribution in [0.4, 0.5) is 17.1 Å². The summed E-state index contributed by atoms with van der Waals surface area (Å²) in [7, 11) is 1.66. The van der Waals surface area contributed by atoms with Gasteiger partial charge in [0.1, 0.15) is 6.04 Å². The first kappa shape index (κ1) is 14.7. The van der Waals surface area contributed by atoms with Gasteiger partial charge in [0.05, 0.1) is 11.5 Å². The van der Waals surface area contributed by atoms with Crippen LogP contribution < -0.4 is 10.6 Å². The Kier molecular flexibility index (Phi) is 5.11. The van der Waals surface area contributed by atoms with Crippen LogP contribution in [0.25, 0.3) is 0 Å². The molecule has 104 valence electrons. The van der Waals surface area contributed by atoms with Crippen molar-refractivity contribution >= 4 is 23.0 Å². The van der Waals surface area contributed by atoms with E-state index in [2.05, 4.69) is 10.6 Å². The number of nitrogens with one attached hydrogen (secondary N) is 2. The van der Waals surface area contributed by atoms with Crippen molar-refractivity contribution in [2.75, 3.05) is 24.3 Å². The van der Waals surface area contributed by atoms with Crippen LogP contribution in [0.5, 0.6) is 0 Å². The summed E-state index contributed by atoms with van der Waals surface area (Å²) >= 11 is 0. The molecule has 0 spiro atoms. The summed E-state index contributed by atoms with van der Waals surface area (Å²) in [6, 6.07) is 3.89. The third kappa shape index (κ3) is 4.13. The third-order valence-corrected chi connectivity index (χ3v) is 2.44. The minimum atomic E-state index is -0.577. The fraction of sp³-hybridized carbons (Fsp3) is 0.417. The molecular weight excluding hydrogens is 250 g/mol. The number of non-ortho nitro benzene ring substituents is 1. The van der Waals surface area contributed by atoms with Gasteiger partial charge in [-0.2, -0.15) is 0 Å². The highest BCUT2D eigenvalue weighted by Crippen LogP contribution is 2.24. The van der Waals surface area contributed by atoms with Crippen LogP contribution in [-0.2, 0) is 9.53 Å². The number of hydrogen-bond acceptors (Lipinski definition) is 6. The maximum Gasteiger partial charge on any atom is 0.328 e. The third-order valence-electron chi connectivity index (χ3n) is 2.44. The summed E-state index contributed by atoms with van der Waals surface area (Å²) in [5.41, 5.74) is 1.03. The first-order valence-corrected chi connectivity index (χ1v) is 5.88. The normalized spacial score (nSPS) is 11.5. The van der Waals surface area contributed by atoms with Crippen LogP contribution in [0.2, 0.25) is 0 Å². The monoisotopic (exact) mass is 267 g/mol. The Morgan fingerprint density at radius 1 is 1.42 bits per heavy atom. The lowest BCUT2D eigenvalue weighted by Gasteiger charge is -2.14. The molecule has 0 aromatic heterocycles. The van der Waals surface area contributed by atoms with Gasteiger partial charge in [-0.1, -0.05) is 0 Å². The Balaban J connectivity index is 2.91. The molecule has 2 N–H and O–H groups in total. The molecule has 0 aliphatic carbocycles. The second kappa shape index (κ2) is 6.58. The second-order valence-corrected chi connectivity index (χ2v) is 3.89. The Bertz CT molecular complexity index is 476. The van der Waals surface area contributed by atoms with Gasteiger partial charge >= 0.3 is 5.97 Å². The Hall–Kier alpha value is -2.31. The van der Waals surface area contributed by atoms with Crippen molar-refractivity contribution < 1.29 is 14.5 Å². The number of anilines is 2. The number of nitro benzene ring substituents is 1. The minimum absolute atomic E-state index is 0.0505. The predicted octanol–water partition coefficient (Wildman–Crippen LogP) is 2.00. The van der Waals surface area contributed by atoms with Gasteiger partial charge in [0.15, 0.2) is 0 Å². The molecule has 0 heterocycles. The fourth-order valence-corrected chi connectivity index (χ4v) is 1.52. The van der Waals surface area contributed by atoms with Gasteiger partial charge in [-0.25, -0.2) is 4.79 Å². The van der Waals surface area contributed by atoms with Gasteiger partial charge in [-0.3, -0.25) is 10.1 Å². The number of hydrogen-bond donors (Lipinski definition) is 2. The average Bonchev–Trinajstić information content (AvgIpc) is 2.38. The fourth-order valence-electron chi connectivity index (χ4n) is 1.52. The lowest BCUT2D eigenvalue weighted by Crippen LogP contribution is -2.28. The summed E-state index contributed by atoms with van der Waals surface area (Å²) in [5, 5.41) is 16.5. The van der Waals surface area contributed by atoms with E-state index in [1.807, 2.05) is 0 Å². The van der Waals surface area contributed by atoms with E-state index in [9.17, 15) is 14.9 Å². The number of nitrogens with zero attached hydrogens (tertiary/aromatic N) is 1. The topological polar surface area (TPSA) is 93.5 Å². The molecule has 1 aromatic rings. The number of ether oxygens (including phenoxy) is 1. The molecule has 0 saturated carbocycles. The Labute approximate surface area is 111 Å². The number of rotatable bonds is 6.